The maximum atomic E-state index is 5.59. The SMILES string of the molecule is BrCCCOc1ccc(C#Cc2ccccc2)cc1. The molecule has 0 unspecified atom stereocenters. The summed E-state index contributed by atoms with van der Waals surface area (Å²) in [5, 5.41) is 0.966. The lowest BCUT2D eigenvalue weighted by molar-refractivity contribution is 0.319. The first-order chi connectivity index (χ1) is 9.38. The first-order valence-electron chi connectivity index (χ1n) is 6.24. The predicted molar refractivity (Wildman–Crippen MR) is 82.8 cm³/mol. The third-order valence-electron chi connectivity index (χ3n) is 2.53. The molecule has 2 heteroatoms. The van der Waals surface area contributed by atoms with E-state index in [1.807, 2.05) is 54.6 Å². The summed E-state index contributed by atoms with van der Waals surface area (Å²) < 4.78 is 5.59. The molecular formula is C17H15BrO. The van der Waals surface area contributed by atoms with E-state index >= 15 is 0 Å². The van der Waals surface area contributed by atoms with Crippen molar-refractivity contribution in [3.8, 4) is 17.6 Å². The Labute approximate surface area is 122 Å². The third-order valence-corrected chi connectivity index (χ3v) is 3.09. The van der Waals surface area contributed by atoms with E-state index in [0.717, 1.165) is 35.2 Å². The van der Waals surface area contributed by atoms with E-state index in [1.54, 1.807) is 0 Å². The minimum Gasteiger partial charge on any atom is -0.494 e. The van der Waals surface area contributed by atoms with Crippen molar-refractivity contribution in [2.24, 2.45) is 0 Å². The van der Waals surface area contributed by atoms with Crippen molar-refractivity contribution in [3.05, 3.63) is 65.7 Å². The van der Waals surface area contributed by atoms with Crippen LogP contribution in [-0.4, -0.2) is 11.9 Å². The van der Waals surface area contributed by atoms with E-state index in [1.165, 1.54) is 0 Å². The van der Waals surface area contributed by atoms with Crippen LogP contribution in [0.1, 0.15) is 17.5 Å². The zero-order valence-corrected chi connectivity index (χ0v) is 12.2. The van der Waals surface area contributed by atoms with Crippen LogP contribution in [0.25, 0.3) is 0 Å². The monoisotopic (exact) mass is 314 g/mol. The Morgan fingerprint density at radius 2 is 1.47 bits per heavy atom. The van der Waals surface area contributed by atoms with Crippen molar-refractivity contribution < 1.29 is 4.74 Å². The second-order valence-electron chi connectivity index (χ2n) is 4.03. The Morgan fingerprint density at radius 3 is 2.11 bits per heavy atom. The van der Waals surface area contributed by atoms with Gasteiger partial charge < -0.3 is 4.74 Å². The average molecular weight is 315 g/mol. The van der Waals surface area contributed by atoms with Gasteiger partial charge >= 0.3 is 0 Å². The second kappa shape index (κ2) is 7.66. The smallest absolute Gasteiger partial charge is 0.119 e. The summed E-state index contributed by atoms with van der Waals surface area (Å²) >= 11 is 3.38. The fourth-order valence-corrected chi connectivity index (χ4v) is 1.77. The summed E-state index contributed by atoms with van der Waals surface area (Å²) in [5.74, 6) is 7.17. The first kappa shape index (κ1) is 13.7. The Hall–Kier alpha value is -1.72. The second-order valence-corrected chi connectivity index (χ2v) is 4.82. The molecule has 0 saturated heterocycles. The molecule has 0 aliphatic heterocycles. The Bertz CT molecular complexity index is 549. The van der Waals surface area contributed by atoms with E-state index in [9.17, 15) is 0 Å². The van der Waals surface area contributed by atoms with Crippen LogP contribution in [0.2, 0.25) is 0 Å². The van der Waals surface area contributed by atoms with Crippen LogP contribution < -0.4 is 4.74 Å². The number of hydrogen-bond donors (Lipinski definition) is 0. The van der Waals surface area contributed by atoms with Gasteiger partial charge in [0.2, 0.25) is 0 Å². The van der Waals surface area contributed by atoms with Gasteiger partial charge in [-0.15, -0.1) is 0 Å². The maximum Gasteiger partial charge on any atom is 0.119 e. The zero-order valence-electron chi connectivity index (χ0n) is 10.6. The zero-order chi connectivity index (χ0) is 13.3. The Kier molecular flexibility index (Phi) is 5.52. The Balaban J connectivity index is 1.97. The predicted octanol–water partition coefficient (Wildman–Crippen LogP) is 4.25. The average Bonchev–Trinajstić information content (AvgIpc) is 2.48. The van der Waals surface area contributed by atoms with Crippen LogP contribution in [0.15, 0.2) is 54.6 Å². The fraction of sp³-hybridized carbons (Fsp3) is 0.176. The molecule has 0 aromatic heterocycles. The van der Waals surface area contributed by atoms with Gasteiger partial charge in [0.1, 0.15) is 5.75 Å². The first-order valence-corrected chi connectivity index (χ1v) is 7.36. The fourth-order valence-electron chi connectivity index (χ4n) is 1.54. The lowest BCUT2D eigenvalue weighted by Crippen LogP contribution is -1.97. The van der Waals surface area contributed by atoms with Crippen LogP contribution in [-0.2, 0) is 0 Å². The minimum absolute atomic E-state index is 0.736. The van der Waals surface area contributed by atoms with Gasteiger partial charge in [-0.1, -0.05) is 46.0 Å². The van der Waals surface area contributed by atoms with E-state index in [0.29, 0.717) is 0 Å². The molecule has 2 rings (SSSR count). The largest absolute Gasteiger partial charge is 0.494 e. The summed E-state index contributed by atoms with van der Waals surface area (Å²) in [6, 6.07) is 17.9. The topological polar surface area (TPSA) is 9.23 Å². The summed E-state index contributed by atoms with van der Waals surface area (Å²) in [4.78, 5) is 0. The van der Waals surface area contributed by atoms with Gasteiger partial charge in [-0.05, 0) is 42.8 Å². The van der Waals surface area contributed by atoms with Gasteiger partial charge in [-0.3, -0.25) is 0 Å². The molecule has 19 heavy (non-hydrogen) atoms. The number of alkyl halides is 1. The molecule has 0 saturated carbocycles. The van der Waals surface area contributed by atoms with Crippen LogP contribution in [0, 0.1) is 11.8 Å². The molecule has 2 aromatic carbocycles. The van der Waals surface area contributed by atoms with Gasteiger partial charge in [0.15, 0.2) is 0 Å². The molecule has 0 atom stereocenters. The van der Waals surface area contributed by atoms with Crippen LogP contribution in [0.3, 0.4) is 0 Å². The van der Waals surface area contributed by atoms with Crippen molar-refractivity contribution in [2.45, 2.75) is 6.42 Å². The highest BCUT2D eigenvalue weighted by atomic mass is 79.9. The summed E-state index contributed by atoms with van der Waals surface area (Å²) in [7, 11) is 0. The Morgan fingerprint density at radius 1 is 0.842 bits per heavy atom. The van der Waals surface area contributed by atoms with Gasteiger partial charge in [0.05, 0.1) is 6.61 Å². The molecule has 2 aromatic rings. The van der Waals surface area contributed by atoms with E-state index in [-0.39, 0.29) is 0 Å². The van der Waals surface area contributed by atoms with Gasteiger partial charge in [0, 0.05) is 16.5 Å². The molecule has 0 aliphatic rings. The molecule has 1 nitrogen and oxygen atoms in total. The van der Waals surface area contributed by atoms with Crippen molar-refractivity contribution in [1.29, 1.82) is 0 Å². The molecule has 0 radical (unpaired) electrons. The van der Waals surface area contributed by atoms with E-state index in [4.69, 9.17) is 4.74 Å². The highest BCUT2D eigenvalue weighted by Gasteiger charge is 1.93. The minimum atomic E-state index is 0.736. The third kappa shape index (κ3) is 4.81. The van der Waals surface area contributed by atoms with Crippen molar-refractivity contribution in [3.63, 3.8) is 0 Å². The van der Waals surface area contributed by atoms with Gasteiger partial charge in [0.25, 0.3) is 0 Å². The molecule has 0 bridgehead atoms. The van der Waals surface area contributed by atoms with E-state index < -0.39 is 0 Å². The summed E-state index contributed by atoms with van der Waals surface area (Å²) in [6.45, 7) is 0.736. The molecule has 0 fully saturated rings. The van der Waals surface area contributed by atoms with Crippen LogP contribution in [0.5, 0.6) is 5.75 Å². The number of ether oxygens (including phenoxy) is 1. The van der Waals surface area contributed by atoms with Crippen LogP contribution >= 0.6 is 15.9 Å². The lowest BCUT2D eigenvalue weighted by Gasteiger charge is -2.04. The lowest BCUT2D eigenvalue weighted by atomic mass is 10.2. The van der Waals surface area contributed by atoms with Crippen molar-refractivity contribution in [1.82, 2.24) is 0 Å². The van der Waals surface area contributed by atoms with Crippen molar-refractivity contribution >= 4 is 15.9 Å². The molecule has 96 valence electrons. The van der Waals surface area contributed by atoms with Crippen LogP contribution in [0.4, 0.5) is 0 Å². The number of halogens is 1. The number of benzene rings is 2. The molecule has 0 spiro atoms. The van der Waals surface area contributed by atoms with Gasteiger partial charge in [-0.25, -0.2) is 0 Å². The number of rotatable bonds is 4. The number of hydrogen-bond acceptors (Lipinski definition) is 1. The maximum absolute atomic E-state index is 5.59. The molecule has 0 N–H and O–H groups in total. The molecule has 0 heterocycles. The molecule has 0 aliphatic carbocycles. The highest BCUT2D eigenvalue weighted by Crippen LogP contribution is 2.12. The standard InChI is InChI=1S/C17H15BrO/c18-13-4-14-19-17-11-9-16(10-12-17)8-7-15-5-2-1-3-6-15/h1-3,5-6,9-12H,4,13-14H2. The quantitative estimate of drug-likeness (QED) is 0.466. The van der Waals surface area contributed by atoms with Crippen molar-refractivity contribution in [2.75, 3.05) is 11.9 Å². The molecular weight excluding hydrogens is 300 g/mol. The summed E-state index contributed by atoms with van der Waals surface area (Å²) in [5.41, 5.74) is 2.02. The van der Waals surface area contributed by atoms with Gasteiger partial charge in [-0.2, -0.15) is 0 Å². The highest BCUT2D eigenvalue weighted by molar-refractivity contribution is 9.09. The summed E-state index contributed by atoms with van der Waals surface area (Å²) in [6.07, 6.45) is 1.01. The molecule has 0 amide bonds. The normalized spacial score (nSPS) is 9.53. The van der Waals surface area contributed by atoms with E-state index in [2.05, 4.69) is 27.8 Å².